The third-order valence-electron chi connectivity index (χ3n) is 4.29. The molecule has 104 valence electrons. The van der Waals surface area contributed by atoms with E-state index >= 15 is 0 Å². The van der Waals surface area contributed by atoms with Crippen LogP contribution in [0.5, 0.6) is 0 Å². The first-order valence-electron chi connectivity index (χ1n) is 7.38. The number of hydrogen-bond acceptors (Lipinski definition) is 3. The summed E-state index contributed by atoms with van der Waals surface area (Å²) in [4.78, 5) is 4.53. The Balaban J connectivity index is 1.91. The van der Waals surface area contributed by atoms with Crippen molar-refractivity contribution < 1.29 is 0 Å². The maximum Gasteiger partial charge on any atom is 0.202 e. The van der Waals surface area contributed by atoms with E-state index in [9.17, 15) is 0 Å². The van der Waals surface area contributed by atoms with Gasteiger partial charge in [0.05, 0.1) is 5.69 Å². The molecule has 0 bridgehead atoms. The Bertz CT molecular complexity index is 576. The second-order valence-corrected chi connectivity index (χ2v) is 5.70. The molecule has 3 rings (SSSR count). The van der Waals surface area contributed by atoms with E-state index in [1.54, 1.807) is 0 Å². The topological polar surface area (TPSA) is 61.7 Å². The molecule has 0 atom stereocenters. The normalized spacial score (nSPS) is 16.1. The fourth-order valence-electron chi connectivity index (χ4n) is 2.98. The van der Waals surface area contributed by atoms with Crippen LogP contribution in [0.15, 0.2) is 0 Å². The number of hydrogen-bond donors (Lipinski definition) is 1. The van der Waals surface area contributed by atoms with Crippen LogP contribution in [-0.2, 0) is 20.0 Å². The van der Waals surface area contributed by atoms with Crippen LogP contribution in [0.3, 0.4) is 0 Å². The zero-order valence-corrected chi connectivity index (χ0v) is 11.9. The Morgan fingerprint density at radius 1 is 1.37 bits per heavy atom. The lowest BCUT2D eigenvalue weighted by Gasteiger charge is -2.25. The molecule has 1 saturated carbocycles. The zero-order chi connectivity index (χ0) is 13.4. The monoisotopic (exact) mass is 261 g/mol. The van der Waals surface area contributed by atoms with Crippen LogP contribution in [0, 0.1) is 5.92 Å². The van der Waals surface area contributed by atoms with Crippen LogP contribution in [0.25, 0.3) is 11.2 Å². The molecule has 0 aromatic carbocycles. The smallest absolute Gasteiger partial charge is 0.202 e. The van der Waals surface area contributed by atoms with Crippen LogP contribution >= 0.6 is 0 Å². The molecule has 5 nitrogen and oxygen atoms in total. The summed E-state index contributed by atoms with van der Waals surface area (Å²) in [5.41, 5.74) is 9.25. The fraction of sp³-hybridized carbons (Fsp3) is 0.714. The van der Waals surface area contributed by atoms with Gasteiger partial charge in [-0.15, -0.1) is 0 Å². The molecule has 2 aromatic heterocycles. The molecule has 5 heteroatoms. The highest BCUT2D eigenvalue weighted by Gasteiger charge is 2.20. The SMILES string of the molecule is CCCc1nn(C)c2c1nc(N)n2CCC1CCC1. The van der Waals surface area contributed by atoms with E-state index in [1.807, 2.05) is 11.7 Å². The van der Waals surface area contributed by atoms with Crippen molar-refractivity contribution in [2.75, 3.05) is 5.73 Å². The van der Waals surface area contributed by atoms with Gasteiger partial charge < -0.3 is 5.73 Å². The molecule has 0 spiro atoms. The van der Waals surface area contributed by atoms with Gasteiger partial charge in [-0.05, 0) is 18.8 Å². The Morgan fingerprint density at radius 2 is 2.16 bits per heavy atom. The lowest BCUT2D eigenvalue weighted by Crippen LogP contribution is -2.15. The van der Waals surface area contributed by atoms with Crippen molar-refractivity contribution in [3.63, 3.8) is 0 Å². The van der Waals surface area contributed by atoms with E-state index in [-0.39, 0.29) is 0 Å². The number of aromatic nitrogens is 4. The molecule has 2 heterocycles. The van der Waals surface area contributed by atoms with Crippen molar-refractivity contribution >= 4 is 17.1 Å². The second kappa shape index (κ2) is 4.87. The van der Waals surface area contributed by atoms with Gasteiger partial charge >= 0.3 is 0 Å². The molecule has 1 aliphatic rings. The van der Waals surface area contributed by atoms with E-state index in [1.165, 1.54) is 25.7 Å². The van der Waals surface area contributed by atoms with Gasteiger partial charge in [0.15, 0.2) is 5.65 Å². The van der Waals surface area contributed by atoms with Crippen LogP contribution in [-0.4, -0.2) is 19.3 Å². The van der Waals surface area contributed by atoms with Gasteiger partial charge in [0.2, 0.25) is 5.95 Å². The third-order valence-corrected chi connectivity index (χ3v) is 4.29. The number of rotatable bonds is 5. The summed E-state index contributed by atoms with van der Waals surface area (Å²) in [6.07, 6.45) is 7.42. The number of aryl methyl sites for hydroxylation is 3. The van der Waals surface area contributed by atoms with Crippen molar-refractivity contribution in [3.05, 3.63) is 5.69 Å². The maximum atomic E-state index is 6.09. The summed E-state index contributed by atoms with van der Waals surface area (Å²) in [5.74, 6) is 1.53. The van der Waals surface area contributed by atoms with E-state index in [2.05, 4.69) is 21.6 Å². The minimum absolute atomic E-state index is 0.639. The summed E-state index contributed by atoms with van der Waals surface area (Å²) in [6.45, 7) is 3.13. The zero-order valence-electron chi connectivity index (χ0n) is 11.9. The number of nitrogens with two attached hydrogens (primary N) is 1. The third kappa shape index (κ3) is 2.11. The molecule has 0 saturated heterocycles. The molecule has 1 fully saturated rings. The first-order chi connectivity index (χ1) is 9.20. The number of imidazole rings is 1. The van der Waals surface area contributed by atoms with Crippen LogP contribution in [0.1, 0.15) is 44.7 Å². The summed E-state index contributed by atoms with van der Waals surface area (Å²) in [5, 5.41) is 4.58. The minimum Gasteiger partial charge on any atom is -0.369 e. The van der Waals surface area contributed by atoms with E-state index in [0.29, 0.717) is 5.95 Å². The summed E-state index contributed by atoms with van der Waals surface area (Å²) in [7, 11) is 1.99. The number of nitrogen functional groups attached to an aromatic ring is 1. The molecule has 1 aliphatic carbocycles. The standard InChI is InChI=1S/C14H23N5/c1-3-5-11-12-13(18(2)17-11)19(14(15)16-12)9-8-10-6-4-7-10/h10H,3-9H2,1-2H3,(H2,15,16). The van der Waals surface area contributed by atoms with Crippen molar-refractivity contribution in [2.45, 2.75) is 52.0 Å². The largest absolute Gasteiger partial charge is 0.369 e. The molecule has 2 N–H and O–H groups in total. The molecule has 0 aliphatic heterocycles. The highest BCUT2D eigenvalue weighted by molar-refractivity contribution is 5.77. The quantitative estimate of drug-likeness (QED) is 0.899. The molecular weight excluding hydrogens is 238 g/mol. The van der Waals surface area contributed by atoms with Gasteiger partial charge in [-0.2, -0.15) is 5.10 Å². The predicted octanol–water partition coefficient (Wildman–Crippen LogP) is 2.49. The van der Waals surface area contributed by atoms with Crippen molar-refractivity contribution in [1.82, 2.24) is 19.3 Å². The highest BCUT2D eigenvalue weighted by atomic mass is 15.3. The average Bonchev–Trinajstić information content (AvgIpc) is 2.78. The lowest BCUT2D eigenvalue weighted by atomic mass is 9.83. The summed E-state index contributed by atoms with van der Waals surface area (Å²) in [6, 6.07) is 0. The van der Waals surface area contributed by atoms with Crippen LogP contribution in [0.2, 0.25) is 0 Å². The Morgan fingerprint density at radius 3 is 2.79 bits per heavy atom. The minimum atomic E-state index is 0.639. The first-order valence-corrected chi connectivity index (χ1v) is 7.38. The van der Waals surface area contributed by atoms with Crippen molar-refractivity contribution in [3.8, 4) is 0 Å². The van der Waals surface area contributed by atoms with Gasteiger partial charge in [-0.3, -0.25) is 9.25 Å². The lowest BCUT2D eigenvalue weighted by molar-refractivity contribution is 0.283. The number of anilines is 1. The molecule has 0 radical (unpaired) electrons. The van der Waals surface area contributed by atoms with Gasteiger partial charge in [-0.1, -0.05) is 32.6 Å². The maximum absolute atomic E-state index is 6.09. The molecular formula is C14H23N5. The first kappa shape index (κ1) is 12.5. The highest BCUT2D eigenvalue weighted by Crippen LogP contribution is 2.31. The summed E-state index contributed by atoms with van der Waals surface area (Å²) < 4.78 is 4.07. The predicted molar refractivity (Wildman–Crippen MR) is 76.9 cm³/mol. The summed E-state index contributed by atoms with van der Waals surface area (Å²) >= 11 is 0. The number of fused-ring (bicyclic) bond motifs is 1. The van der Waals surface area contributed by atoms with Gasteiger partial charge in [-0.25, -0.2) is 4.98 Å². The molecule has 0 unspecified atom stereocenters. The van der Waals surface area contributed by atoms with E-state index < -0.39 is 0 Å². The Hall–Kier alpha value is -1.52. The molecule has 19 heavy (non-hydrogen) atoms. The second-order valence-electron chi connectivity index (χ2n) is 5.70. The van der Waals surface area contributed by atoms with E-state index in [0.717, 1.165) is 42.2 Å². The van der Waals surface area contributed by atoms with Gasteiger partial charge in [0.1, 0.15) is 5.52 Å². The van der Waals surface area contributed by atoms with Crippen LogP contribution < -0.4 is 5.73 Å². The average molecular weight is 261 g/mol. The fourth-order valence-corrected chi connectivity index (χ4v) is 2.98. The number of nitrogens with zero attached hydrogens (tertiary/aromatic N) is 4. The molecule has 2 aromatic rings. The Labute approximate surface area is 113 Å². The van der Waals surface area contributed by atoms with E-state index in [4.69, 9.17) is 5.73 Å². The van der Waals surface area contributed by atoms with Crippen molar-refractivity contribution in [2.24, 2.45) is 13.0 Å². The van der Waals surface area contributed by atoms with Crippen molar-refractivity contribution in [1.29, 1.82) is 0 Å². The molecule has 0 amide bonds. The Kier molecular flexibility index (Phi) is 3.21. The van der Waals surface area contributed by atoms with Gasteiger partial charge in [0, 0.05) is 13.6 Å². The van der Waals surface area contributed by atoms with Crippen LogP contribution in [0.4, 0.5) is 5.95 Å². The van der Waals surface area contributed by atoms with Gasteiger partial charge in [0.25, 0.3) is 0 Å².